The molecule has 1 aliphatic heterocycles. The first-order chi connectivity index (χ1) is 13.2. The number of ether oxygens (including phenoxy) is 2. The van der Waals surface area contributed by atoms with Crippen molar-refractivity contribution >= 4 is 17.3 Å². The van der Waals surface area contributed by atoms with E-state index >= 15 is 0 Å². The summed E-state index contributed by atoms with van der Waals surface area (Å²) in [7, 11) is 1.83. The minimum absolute atomic E-state index is 0.285. The molecule has 2 unspecified atom stereocenters. The van der Waals surface area contributed by atoms with Crippen molar-refractivity contribution in [2.24, 2.45) is 10.9 Å². The van der Waals surface area contributed by atoms with Gasteiger partial charge in [0.15, 0.2) is 5.96 Å². The maximum atomic E-state index is 5.83. The van der Waals surface area contributed by atoms with Gasteiger partial charge in [0, 0.05) is 44.7 Å². The van der Waals surface area contributed by atoms with Gasteiger partial charge in [-0.25, -0.2) is 0 Å². The van der Waals surface area contributed by atoms with E-state index < -0.39 is 0 Å². The lowest BCUT2D eigenvalue weighted by molar-refractivity contribution is 0.0176. The van der Waals surface area contributed by atoms with E-state index in [1.807, 2.05) is 18.4 Å². The van der Waals surface area contributed by atoms with E-state index in [1.165, 1.54) is 4.88 Å². The van der Waals surface area contributed by atoms with Gasteiger partial charge in [0.1, 0.15) is 0 Å². The standard InChI is InChI=1S/C20H36N4O2S/c1-5-26-18(16(2)3)8-9-22-20(21-4)23-15-17(19-7-6-14-27-19)24-10-12-25-13-11-24/h6-7,14,16-18H,5,8-13,15H2,1-4H3,(H2,21,22,23). The van der Waals surface area contributed by atoms with Crippen molar-refractivity contribution < 1.29 is 9.47 Å². The number of hydrogen-bond donors (Lipinski definition) is 2. The highest BCUT2D eigenvalue weighted by molar-refractivity contribution is 7.10. The summed E-state index contributed by atoms with van der Waals surface area (Å²) in [5, 5.41) is 9.10. The third kappa shape index (κ3) is 7.41. The summed E-state index contributed by atoms with van der Waals surface area (Å²) in [6.07, 6.45) is 1.26. The van der Waals surface area contributed by atoms with Crippen LogP contribution in [0.25, 0.3) is 0 Å². The van der Waals surface area contributed by atoms with Crippen molar-refractivity contribution in [1.29, 1.82) is 0 Å². The fraction of sp³-hybridized carbons (Fsp3) is 0.750. The molecule has 6 nitrogen and oxygen atoms in total. The minimum atomic E-state index is 0.285. The molecule has 27 heavy (non-hydrogen) atoms. The largest absolute Gasteiger partial charge is 0.379 e. The van der Waals surface area contributed by atoms with Gasteiger partial charge in [-0.15, -0.1) is 11.3 Å². The lowest BCUT2D eigenvalue weighted by Gasteiger charge is -2.34. The van der Waals surface area contributed by atoms with E-state index in [0.29, 0.717) is 12.0 Å². The molecular formula is C20H36N4O2S. The van der Waals surface area contributed by atoms with E-state index in [4.69, 9.17) is 9.47 Å². The second-order valence-corrected chi connectivity index (χ2v) is 8.07. The molecular weight excluding hydrogens is 360 g/mol. The summed E-state index contributed by atoms with van der Waals surface area (Å²) in [4.78, 5) is 8.27. The average molecular weight is 397 g/mol. The Balaban J connectivity index is 1.84. The fourth-order valence-corrected chi connectivity index (χ4v) is 4.21. The summed E-state index contributed by atoms with van der Waals surface area (Å²) < 4.78 is 11.3. The fourth-order valence-electron chi connectivity index (χ4n) is 3.35. The summed E-state index contributed by atoms with van der Waals surface area (Å²) >= 11 is 1.82. The van der Waals surface area contributed by atoms with Crippen LogP contribution in [0.5, 0.6) is 0 Å². The Hall–Kier alpha value is -1.15. The van der Waals surface area contributed by atoms with Crippen LogP contribution in [-0.4, -0.2) is 70.0 Å². The number of nitrogens with zero attached hydrogens (tertiary/aromatic N) is 2. The number of rotatable bonds is 10. The molecule has 0 saturated carbocycles. The predicted molar refractivity (Wildman–Crippen MR) is 114 cm³/mol. The van der Waals surface area contributed by atoms with E-state index in [0.717, 1.165) is 58.4 Å². The Labute approximate surface area is 168 Å². The van der Waals surface area contributed by atoms with Crippen LogP contribution in [0.4, 0.5) is 0 Å². The molecule has 2 heterocycles. The zero-order valence-corrected chi connectivity index (χ0v) is 18.1. The van der Waals surface area contributed by atoms with Gasteiger partial charge in [0.2, 0.25) is 0 Å². The molecule has 2 N–H and O–H groups in total. The van der Waals surface area contributed by atoms with Crippen LogP contribution in [0.15, 0.2) is 22.5 Å². The number of nitrogens with one attached hydrogen (secondary N) is 2. The second-order valence-electron chi connectivity index (χ2n) is 7.09. The molecule has 154 valence electrons. The Morgan fingerprint density at radius 3 is 2.70 bits per heavy atom. The molecule has 2 rings (SSSR count). The van der Waals surface area contributed by atoms with Crippen molar-refractivity contribution in [3.05, 3.63) is 22.4 Å². The van der Waals surface area contributed by atoms with Crippen molar-refractivity contribution in [1.82, 2.24) is 15.5 Å². The van der Waals surface area contributed by atoms with Crippen molar-refractivity contribution in [3.63, 3.8) is 0 Å². The summed E-state index contributed by atoms with van der Waals surface area (Å²) in [6.45, 7) is 12.5. The zero-order valence-electron chi connectivity index (χ0n) is 17.2. The smallest absolute Gasteiger partial charge is 0.191 e. The molecule has 2 atom stereocenters. The third-order valence-electron chi connectivity index (χ3n) is 4.89. The Morgan fingerprint density at radius 2 is 2.11 bits per heavy atom. The first kappa shape index (κ1) is 22.1. The van der Waals surface area contributed by atoms with Crippen molar-refractivity contribution in [3.8, 4) is 0 Å². The highest BCUT2D eigenvalue weighted by Gasteiger charge is 2.23. The normalized spacial score (nSPS) is 18.5. The zero-order chi connectivity index (χ0) is 19.5. The predicted octanol–water partition coefficient (Wildman–Crippen LogP) is 2.74. The van der Waals surface area contributed by atoms with E-state index in [9.17, 15) is 0 Å². The van der Waals surface area contributed by atoms with Crippen LogP contribution in [0.3, 0.4) is 0 Å². The number of thiophene rings is 1. The second kappa shape index (κ2) is 12.3. The Kier molecular flexibility index (Phi) is 10.1. The van der Waals surface area contributed by atoms with Crippen molar-refractivity contribution in [2.45, 2.75) is 39.3 Å². The summed E-state index contributed by atoms with van der Waals surface area (Å²) in [5.74, 6) is 1.37. The van der Waals surface area contributed by atoms with E-state index in [1.54, 1.807) is 0 Å². The maximum Gasteiger partial charge on any atom is 0.191 e. The molecule has 0 bridgehead atoms. The average Bonchev–Trinajstić information content (AvgIpc) is 3.21. The van der Waals surface area contributed by atoms with Gasteiger partial charge in [0.05, 0.1) is 25.4 Å². The van der Waals surface area contributed by atoms with Crippen LogP contribution >= 0.6 is 11.3 Å². The molecule has 1 aromatic heterocycles. The van der Waals surface area contributed by atoms with Gasteiger partial charge in [-0.1, -0.05) is 19.9 Å². The summed E-state index contributed by atoms with van der Waals surface area (Å²) in [5.41, 5.74) is 0. The molecule has 1 aromatic rings. The van der Waals surface area contributed by atoms with Gasteiger partial charge < -0.3 is 20.1 Å². The lowest BCUT2D eigenvalue weighted by atomic mass is 10.0. The van der Waals surface area contributed by atoms with Gasteiger partial charge in [-0.2, -0.15) is 0 Å². The Morgan fingerprint density at radius 1 is 1.33 bits per heavy atom. The molecule has 1 aliphatic rings. The van der Waals surface area contributed by atoms with Gasteiger partial charge in [-0.05, 0) is 30.7 Å². The van der Waals surface area contributed by atoms with Gasteiger partial charge in [0.25, 0.3) is 0 Å². The molecule has 1 saturated heterocycles. The van der Waals surface area contributed by atoms with E-state index in [2.05, 4.69) is 58.8 Å². The SMILES string of the molecule is CCOC(CCNC(=NC)NCC(c1cccs1)N1CCOCC1)C(C)C. The van der Waals surface area contributed by atoms with Crippen LogP contribution in [0, 0.1) is 5.92 Å². The highest BCUT2D eigenvalue weighted by atomic mass is 32.1. The first-order valence-electron chi connectivity index (χ1n) is 10.1. The van der Waals surface area contributed by atoms with Gasteiger partial charge in [-0.3, -0.25) is 9.89 Å². The van der Waals surface area contributed by atoms with Crippen molar-refractivity contribution in [2.75, 3.05) is 53.0 Å². The quantitative estimate of drug-likeness (QED) is 0.470. The van der Waals surface area contributed by atoms with Crippen LogP contribution < -0.4 is 10.6 Å². The molecule has 0 aromatic carbocycles. The van der Waals surface area contributed by atoms with Crippen LogP contribution in [-0.2, 0) is 9.47 Å². The van der Waals surface area contributed by atoms with E-state index in [-0.39, 0.29) is 6.10 Å². The number of guanidine groups is 1. The highest BCUT2D eigenvalue weighted by Crippen LogP contribution is 2.25. The minimum Gasteiger partial charge on any atom is -0.379 e. The summed E-state index contributed by atoms with van der Waals surface area (Å²) in [6, 6.07) is 4.69. The molecule has 7 heteroatoms. The molecule has 1 fully saturated rings. The number of morpholine rings is 1. The number of aliphatic imine (C=N–C) groups is 1. The molecule has 0 aliphatic carbocycles. The monoisotopic (exact) mass is 396 g/mol. The molecule has 0 radical (unpaired) electrons. The first-order valence-corrected chi connectivity index (χ1v) is 10.9. The molecule has 0 spiro atoms. The van der Waals surface area contributed by atoms with Crippen LogP contribution in [0.1, 0.15) is 38.1 Å². The topological polar surface area (TPSA) is 58.1 Å². The maximum absolute atomic E-state index is 5.83. The lowest BCUT2D eigenvalue weighted by Crippen LogP contribution is -2.46. The number of hydrogen-bond acceptors (Lipinski definition) is 5. The Bertz CT molecular complexity index is 530. The van der Waals surface area contributed by atoms with Crippen LogP contribution in [0.2, 0.25) is 0 Å². The van der Waals surface area contributed by atoms with Gasteiger partial charge >= 0.3 is 0 Å². The molecule has 0 amide bonds. The third-order valence-corrected chi connectivity index (χ3v) is 5.86.